The Bertz CT molecular complexity index is 1040. The Morgan fingerprint density at radius 1 is 1.00 bits per heavy atom. The molecule has 0 aliphatic carbocycles. The second-order valence-electron chi connectivity index (χ2n) is 6.86. The molecule has 0 atom stereocenters. The van der Waals surface area contributed by atoms with Crippen LogP contribution >= 0.6 is 23.2 Å². The second-order valence-corrected chi connectivity index (χ2v) is 7.71. The van der Waals surface area contributed by atoms with Gasteiger partial charge < -0.3 is 14.6 Å². The van der Waals surface area contributed by atoms with E-state index in [2.05, 4.69) is 10.2 Å². The lowest BCUT2D eigenvalue weighted by Crippen LogP contribution is -2.21. The van der Waals surface area contributed by atoms with Gasteiger partial charge in [-0.1, -0.05) is 29.3 Å². The van der Waals surface area contributed by atoms with Gasteiger partial charge in [-0.15, -0.1) is 0 Å². The third-order valence-electron chi connectivity index (χ3n) is 4.82. The topological polar surface area (TPSA) is 45.5 Å². The molecule has 1 aliphatic heterocycles. The predicted octanol–water partition coefficient (Wildman–Crippen LogP) is 6.51. The minimum atomic E-state index is -0.239. The van der Waals surface area contributed by atoms with Crippen molar-refractivity contribution in [2.45, 2.75) is 12.8 Å². The number of rotatable bonds is 5. The second kappa shape index (κ2) is 8.76. The Morgan fingerprint density at radius 3 is 2.52 bits per heavy atom. The Kier molecular flexibility index (Phi) is 5.93. The molecule has 0 radical (unpaired) electrons. The van der Waals surface area contributed by atoms with Crippen molar-refractivity contribution in [2.75, 3.05) is 23.3 Å². The molecule has 3 aromatic rings. The molecule has 1 amide bonds. The summed E-state index contributed by atoms with van der Waals surface area (Å²) in [7, 11) is 0. The van der Waals surface area contributed by atoms with Crippen molar-refractivity contribution in [1.82, 2.24) is 0 Å². The van der Waals surface area contributed by atoms with E-state index in [1.54, 1.807) is 6.08 Å². The van der Waals surface area contributed by atoms with Gasteiger partial charge in [-0.25, -0.2) is 0 Å². The molecule has 6 heteroatoms. The third-order valence-corrected chi connectivity index (χ3v) is 5.38. The normalized spacial score (nSPS) is 13.9. The van der Waals surface area contributed by atoms with Crippen LogP contribution in [0.25, 0.3) is 17.4 Å². The van der Waals surface area contributed by atoms with Gasteiger partial charge in [0.2, 0.25) is 5.91 Å². The van der Waals surface area contributed by atoms with E-state index in [0.717, 1.165) is 42.9 Å². The van der Waals surface area contributed by atoms with Crippen molar-refractivity contribution in [3.63, 3.8) is 0 Å². The molecule has 29 heavy (non-hydrogen) atoms. The van der Waals surface area contributed by atoms with Crippen molar-refractivity contribution in [1.29, 1.82) is 0 Å². The summed E-state index contributed by atoms with van der Waals surface area (Å²) in [6.07, 6.45) is 5.37. The van der Waals surface area contributed by atoms with Crippen LogP contribution in [0.2, 0.25) is 10.0 Å². The number of nitrogens with zero attached hydrogens (tertiary/aromatic N) is 1. The maximum Gasteiger partial charge on any atom is 0.248 e. The van der Waals surface area contributed by atoms with Crippen LogP contribution in [0.4, 0.5) is 11.4 Å². The van der Waals surface area contributed by atoms with Gasteiger partial charge in [0.15, 0.2) is 0 Å². The summed E-state index contributed by atoms with van der Waals surface area (Å²) in [4.78, 5) is 14.7. The van der Waals surface area contributed by atoms with E-state index in [9.17, 15) is 4.79 Å². The highest BCUT2D eigenvalue weighted by molar-refractivity contribution is 6.34. The van der Waals surface area contributed by atoms with Crippen LogP contribution in [0, 0.1) is 0 Å². The first-order valence-electron chi connectivity index (χ1n) is 9.48. The Hall–Kier alpha value is -2.69. The average Bonchev–Trinajstić information content (AvgIpc) is 3.39. The zero-order chi connectivity index (χ0) is 20.2. The highest BCUT2D eigenvalue weighted by Crippen LogP contribution is 2.36. The van der Waals surface area contributed by atoms with E-state index in [4.69, 9.17) is 27.6 Å². The molecule has 0 bridgehead atoms. The number of hydrogen-bond acceptors (Lipinski definition) is 3. The molecule has 1 aromatic heterocycles. The molecule has 1 aliphatic rings. The lowest BCUT2D eigenvalue weighted by molar-refractivity contribution is -0.111. The highest BCUT2D eigenvalue weighted by Gasteiger charge is 2.19. The van der Waals surface area contributed by atoms with Crippen molar-refractivity contribution >= 4 is 46.6 Å². The van der Waals surface area contributed by atoms with Gasteiger partial charge in [0, 0.05) is 29.8 Å². The summed E-state index contributed by atoms with van der Waals surface area (Å²) in [5.74, 6) is 1.07. The number of amides is 1. The zero-order valence-electron chi connectivity index (χ0n) is 15.7. The van der Waals surface area contributed by atoms with E-state index in [-0.39, 0.29) is 5.91 Å². The first kappa shape index (κ1) is 19.6. The van der Waals surface area contributed by atoms with E-state index in [0.29, 0.717) is 21.6 Å². The van der Waals surface area contributed by atoms with Crippen LogP contribution in [-0.2, 0) is 4.79 Å². The number of carbonyl (C=O) groups is 1. The van der Waals surface area contributed by atoms with Crippen LogP contribution in [0.1, 0.15) is 18.6 Å². The SMILES string of the molecule is O=C(C=Cc1ccc(-c2ccc(Cl)cc2)o1)Nc1cccc(Cl)c1N1CCCC1. The van der Waals surface area contributed by atoms with Crippen molar-refractivity contribution in [3.8, 4) is 11.3 Å². The maximum absolute atomic E-state index is 12.5. The molecule has 148 valence electrons. The molecule has 2 heterocycles. The minimum Gasteiger partial charge on any atom is -0.457 e. The number of furan rings is 1. The zero-order valence-corrected chi connectivity index (χ0v) is 17.2. The summed E-state index contributed by atoms with van der Waals surface area (Å²) in [6.45, 7) is 1.89. The lowest BCUT2D eigenvalue weighted by atomic mass is 10.2. The first-order valence-corrected chi connectivity index (χ1v) is 10.2. The fourth-order valence-corrected chi connectivity index (χ4v) is 3.84. The molecule has 4 nitrogen and oxygen atoms in total. The van der Waals surface area contributed by atoms with Crippen LogP contribution in [0.15, 0.2) is 65.1 Å². The number of para-hydroxylation sites is 1. The van der Waals surface area contributed by atoms with Gasteiger partial charge in [0.1, 0.15) is 11.5 Å². The molecule has 4 rings (SSSR count). The Balaban J connectivity index is 1.46. The first-order chi connectivity index (χ1) is 14.1. The predicted molar refractivity (Wildman–Crippen MR) is 120 cm³/mol. The smallest absolute Gasteiger partial charge is 0.248 e. The summed E-state index contributed by atoms with van der Waals surface area (Å²) in [5.41, 5.74) is 2.53. The summed E-state index contributed by atoms with van der Waals surface area (Å²) in [6, 6.07) is 16.6. The van der Waals surface area contributed by atoms with Crippen LogP contribution in [-0.4, -0.2) is 19.0 Å². The van der Waals surface area contributed by atoms with Gasteiger partial charge in [-0.3, -0.25) is 4.79 Å². The highest BCUT2D eigenvalue weighted by atomic mass is 35.5. The summed E-state index contributed by atoms with van der Waals surface area (Å²) < 4.78 is 5.80. The van der Waals surface area contributed by atoms with E-state index >= 15 is 0 Å². The standard InChI is InChI=1S/C23H20Cl2N2O2/c24-17-8-6-16(7-9-17)21-12-10-18(29-21)11-13-22(28)26-20-5-3-4-19(25)23(20)27-14-1-2-15-27/h3-13H,1-2,14-15H2,(H,26,28). The van der Waals surface area contributed by atoms with Crippen LogP contribution in [0.3, 0.4) is 0 Å². The minimum absolute atomic E-state index is 0.239. The quantitative estimate of drug-likeness (QED) is 0.473. The molecular formula is C23H20Cl2N2O2. The van der Waals surface area contributed by atoms with Crippen molar-refractivity contribution < 1.29 is 9.21 Å². The number of benzene rings is 2. The van der Waals surface area contributed by atoms with E-state index in [1.807, 2.05) is 54.6 Å². The Labute approximate surface area is 179 Å². The van der Waals surface area contributed by atoms with Gasteiger partial charge >= 0.3 is 0 Å². The monoisotopic (exact) mass is 426 g/mol. The average molecular weight is 427 g/mol. The third kappa shape index (κ3) is 4.66. The number of nitrogens with one attached hydrogen (secondary N) is 1. The maximum atomic E-state index is 12.5. The van der Waals surface area contributed by atoms with Gasteiger partial charge in [0.25, 0.3) is 0 Å². The molecular weight excluding hydrogens is 407 g/mol. The van der Waals surface area contributed by atoms with E-state index < -0.39 is 0 Å². The summed E-state index contributed by atoms with van der Waals surface area (Å²) >= 11 is 12.3. The lowest BCUT2D eigenvalue weighted by Gasteiger charge is -2.22. The molecule has 1 fully saturated rings. The Morgan fingerprint density at radius 2 is 1.76 bits per heavy atom. The van der Waals surface area contributed by atoms with Crippen molar-refractivity contribution in [2.24, 2.45) is 0 Å². The van der Waals surface area contributed by atoms with Gasteiger partial charge in [0.05, 0.1) is 16.4 Å². The number of carbonyl (C=O) groups excluding carboxylic acids is 1. The molecule has 0 saturated carbocycles. The van der Waals surface area contributed by atoms with Crippen LogP contribution in [0.5, 0.6) is 0 Å². The largest absolute Gasteiger partial charge is 0.457 e. The molecule has 1 N–H and O–H groups in total. The molecule has 2 aromatic carbocycles. The summed E-state index contributed by atoms with van der Waals surface area (Å²) in [5, 5.41) is 4.25. The molecule has 1 saturated heterocycles. The number of halogens is 2. The van der Waals surface area contributed by atoms with Gasteiger partial charge in [-0.05, 0) is 67.4 Å². The fraction of sp³-hybridized carbons (Fsp3) is 0.174. The van der Waals surface area contributed by atoms with E-state index in [1.165, 1.54) is 6.08 Å². The van der Waals surface area contributed by atoms with Gasteiger partial charge in [-0.2, -0.15) is 0 Å². The molecule has 0 spiro atoms. The van der Waals surface area contributed by atoms with Crippen LogP contribution < -0.4 is 10.2 Å². The number of anilines is 2. The van der Waals surface area contributed by atoms with Crippen molar-refractivity contribution in [3.05, 3.63) is 76.5 Å². The fourth-order valence-electron chi connectivity index (χ4n) is 3.42. The molecule has 0 unspecified atom stereocenters. The number of hydrogen-bond donors (Lipinski definition) is 1.